The Morgan fingerprint density at radius 2 is 2.05 bits per heavy atom. The molecule has 0 aromatic heterocycles. The summed E-state index contributed by atoms with van der Waals surface area (Å²) in [4.78, 5) is 26.0. The lowest BCUT2D eigenvalue weighted by atomic mass is 9.94. The molecule has 2 amide bonds. The number of imide groups is 1. The van der Waals surface area contributed by atoms with Gasteiger partial charge in [-0.15, -0.1) is 6.58 Å². The highest BCUT2D eigenvalue weighted by Gasteiger charge is 2.42. The van der Waals surface area contributed by atoms with Crippen LogP contribution < -0.4 is 5.32 Å². The molecule has 20 heavy (non-hydrogen) atoms. The van der Waals surface area contributed by atoms with Gasteiger partial charge in [-0.25, -0.2) is 0 Å². The molecule has 1 N–H and O–H groups in total. The Morgan fingerprint density at radius 3 is 2.75 bits per heavy atom. The first kappa shape index (κ1) is 15.6. The van der Waals surface area contributed by atoms with Gasteiger partial charge in [0.25, 0.3) is 0 Å². The molecule has 112 valence electrons. The fourth-order valence-electron chi connectivity index (χ4n) is 3.01. The van der Waals surface area contributed by atoms with Gasteiger partial charge in [0.1, 0.15) is 0 Å². The summed E-state index contributed by atoms with van der Waals surface area (Å²) in [5.74, 6) is 1.87. The smallest absolute Gasteiger partial charge is 0.247 e. The number of carbonyl (C=O) groups is 2. The number of amides is 2. The van der Waals surface area contributed by atoms with E-state index >= 15 is 0 Å². The van der Waals surface area contributed by atoms with E-state index in [4.69, 9.17) is 0 Å². The van der Waals surface area contributed by atoms with E-state index in [1.165, 1.54) is 6.42 Å². The lowest BCUT2D eigenvalue weighted by Crippen LogP contribution is -2.45. The number of likely N-dealkylation sites (tertiary alicyclic amines) is 1. The molecule has 1 saturated heterocycles. The summed E-state index contributed by atoms with van der Waals surface area (Å²) < 4.78 is 0. The van der Waals surface area contributed by atoms with Gasteiger partial charge in [0, 0.05) is 24.1 Å². The summed E-state index contributed by atoms with van der Waals surface area (Å²) in [6.45, 7) is 4.44. The molecule has 2 rings (SSSR count). The van der Waals surface area contributed by atoms with Crippen molar-refractivity contribution in [1.82, 2.24) is 10.2 Å². The van der Waals surface area contributed by atoms with E-state index in [1.807, 2.05) is 6.08 Å². The topological polar surface area (TPSA) is 49.4 Å². The van der Waals surface area contributed by atoms with Gasteiger partial charge in [-0.1, -0.05) is 25.3 Å². The molecule has 0 spiro atoms. The fraction of sp³-hybridized carbons (Fsp3) is 0.733. The predicted molar refractivity (Wildman–Crippen MR) is 82.7 cm³/mol. The van der Waals surface area contributed by atoms with Crippen molar-refractivity contribution in [2.45, 2.75) is 50.6 Å². The number of rotatable bonds is 7. The van der Waals surface area contributed by atoms with Crippen molar-refractivity contribution in [2.24, 2.45) is 0 Å². The van der Waals surface area contributed by atoms with Crippen molar-refractivity contribution in [3.05, 3.63) is 12.7 Å². The van der Waals surface area contributed by atoms with E-state index in [1.54, 1.807) is 16.7 Å². The molecule has 1 heterocycles. The van der Waals surface area contributed by atoms with E-state index in [0.29, 0.717) is 6.42 Å². The minimum absolute atomic E-state index is 0.00405. The number of nitrogens with zero attached hydrogens (tertiary/aromatic N) is 1. The molecule has 1 aliphatic heterocycles. The largest absolute Gasteiger partial charge is 0.305 e. The molecule has 0 radical (unpaired) electrons. The van der Waals surface area contributed by atoms with Gasteiger partial charge >= 0.3 is 0 Å². The van der Waals surface area contributed by atoms with E-state index in [-0.39, 0.29) is 23.9 Å². The lowest BCUT2D eigenvalue weighted by Gasteiger charge is -2.29. The molecule has 1 unspecified atom stereocenters. The average molecular weight is 296 g/mol. The van der Waals surface area contributed by atoms with Gasteiger partial charge in [0.05, 0.1) is 12.5 Å². The van der Waals surface area contributed by atoms with Crippen LogP contribution in [0.15, 0.2) is 12.7 Å². The fourth-order valence-corrected chi connectivity index (χ4v) is 3.60. The SMILES string of the molecule is C=CCSCCNC1CC(=O)N(C2CCCCC2)C1=O. The molecule has 1 aliphatic carbocycles. The zero-order valence-electron chi connectivity index (χ0n) is 12.0. The minimum Gasteiger partial charge on any atom is -0.305 e. The highest BCUT2D eigenvalue weighted by molar-refractivity contribution is 7.99. The van der Waals surface area contributed by atoms with E-state index in [0.717, 1.165) is 43.7 Å². The number of hydrogen-bond acceptors (Lipinski definition) is 4. The van der Waals surface area contributed by atoms with Crippen LogP contribution in [-0.2, 0) is 9.59 Å². The van der Waals surface area contributed by atoms with Crippen LogP contribution >= 0.6 is 11.8 Å². The molecule has 0 aromatic carbocycles. The first-order valence-corrected chi connectivity index (χ1v) is 8.67. The monoisotopic (exact) mass is 296 g/mol. The van der Waals surface area contributed by atoms with Crippen LogP contribution in [0.3, 0.4) is 0 Å². The van der Waals surface area contributed by atoms with Gasteiger partial charge in [-0.3, -0.25) is 14.5 Å². The predicted octanol–water partition coefficient (Wildman–Crippen LogP) is 1.96. The molecule has 4 nitrogen and oxygen atoms in total. The van der Waals surface area contributed by atoms with Gasteiger partial charge in [0.15, 0.2) is 0 Å². The van der Waals surface area contributed by atoms with Crippen LogP contribution in [0.25, 0.3) is 0 Å². The van der Waals surface area contributed by atoms with Crippen molar-refractivity contribution in [1.29, 1.82) is 0 Å². The van der Waals surface area contributed by atoms with E-state index < -0.39 is 0 Å². The molecule has 0 aromatic rings. The summed E-state index contributed by atoms with van der Waals surface area (Å²) in [6, 6.07) is -0.139. The molecule has 0 bridgehead atoms. The lowest BCUT2D eigenvalue weighted by molar-refractivity contribution is -0.142. The van der Waals surface area contributed by atoms with Gasteiger partial charge in [-0.05, 0) is 12.8 Å². The Morgan fingerprint density at radius 1 is 1.30 bits per heavy atom. The third kappa shape index (κ3) is 3.85. The molecule has 1 saturated carbocycles. The van der Waals surface area contributed by atoms with Crippen LogP contribution in [0.1, 0.15) is 38.5 Å². The summed E-state index contributed by atoms with van der Waals surface area (Å²) in [6.07, 6.45) is 7.69. The van der Waals surface area contributed by atoms with Crippen molar-refractivity contribution < 1.29 is 9.59 Å². The molecule has 2 aliphatic rings. The van der Waals surface area contributed by atoms with Crippen LogP contribution in [0.5, 0.6) is 0 Å². The van der Waals surface area contributed by atoms with Crippen LogP contribution in [0.4, 0.5) is 0 Å². The zero-order chi connectivity index (χ0) is 14.4. The second-order valence-corrected chi connectivity index (χ2v) is 6.62. The van der Waals surface area contributed by atoms with Crippen molar-refractivity contribution in [3.63, 3.8) is 0 Å². The van der Waals surface area contributed by atoms with Crippen molar-refractivity contribution in [3.8, 4) is 0 Å². The Labute approximate surface area is 125 Å². The number of hydrogen-bond donors (Lipinski definition) is 1. The maximum Gasteiger partial charge on any atom is 0.247 e. The third-order valence-corrected chi connectivity index (χ3v) is 4.96. The molecule has 2 fully saturated rings. The highest BCUT2D eigenvalue weighted by atomic mass is 32.2. The van der Waals surface area contributed by atoms with Crippen molar-refractivity contribution in [2.75, 3.05) is 18.1 Å². The molecular formula is C15H24N2O2S. The highest BCUT2D eigenvalue weighted by Crippen LogP contribution is 2.27. The molecule has 5 heteroatoms. The molecule has 1 atom stereocenters. The Kier molecular flexibility index (Phi) is 6.10. The van der Waals surface area contributed by atoms with Gasteiger partial charge in [-0.2, -0.15) is 11.8 Å². The Bertz CT molecular complexity index is 367. The maximum absolute atomic E-state index is 12.4. The van der Waals surface area contributed by atoms with Crippen LogP contribution in [-0.4, -0.2) is 46.8 Å². The second-order valence-electron chi connectivity index (χ2n) is 5.47. The maximum atomic E-state index is 12.4. The summed E-state index contributed by atoms with van der Waals surface area (Å²) in [5.41, 5.74) is 0. The number of thioether (sulfide) groups is 1. The van der Waals surface area contributed by atoms with Gasteiger partial charge in [0.2, 0.25) is 11.8 Å². The van der Waals surface area contributed by atoms with Crippen molar-refractivity contribution >= 4 is 23.6 Å². The summed E-state index contributed by atoms with van der Waals surface area (Å²) in [7, 11) is 0. The first-order valence-electron chi connectivity index (χ1n) is 7.52. The van der Waals surface area contributed by atoms with Gasteiger partial charge < -0.3 is 5.32 Å². The quantitative estimate of drug-likeness (QED) is 0.443. The van der Waals surface area contributed by atoms with E-state index in [2.05, 4.69) is 11.9 Å². The van der Waals surface area contributed by atoms with Crippen LogP contribution in [0.2, 0.25) is 0 Å². The van der Waals surface area contributed by atoms with E-state index in [9.17, 15) is 9.59 Å². The van der Waals surface area contributed by atoms with Crippen LogP contribution in [0, 0.1) is 0 Å². The Balaban J connectivity index is 1.80. The number of nitrogens with one attached hydrogen (secondary N) is 1. The standard InChI is InChI=1S/C15H24N2O2S/c1-2-9-20-10-8-16-13-11-14(18)17(15(13)19)12-6-4-3-5-7-12/h2,12-13,16H,1,3-11H2. The normalized spacial score (nSPS) is 24.4. The zero-order valence-corrected chi connectivity index (χ0v) is 12.8. The summed E-state index contributed by atoms with van der Waals surface area (Å²) in [5, 5.41) is 3.22. The average Bonchev–Trinajstić information content (AvgIpc) is 2.74. The first-order chi connectivity index (χ1) is 9.74. The minimum atomic E-state index is -0.297. The second kappa shape index (κ2) is 7.84. The third-order valence-electron chi connectivity index (χ3n) is 4.00. The number of carbonyl (C=O) groups excluding carboxylic acids is 2. The summed E-state index contributed by atoms with van der Waals surface area (Å²) >= 11 is 1.78. The Hall–Kier alpha value is -0.810. The molecular weight excluding hydrogens is 272 g/mol.